The highest BCUT2D eigenvalue weighted by atomic mass is 79.9. The summed E-state index contributed by atoms with van der Waals surface area (Å²) in [5, 5.41) is 10.2. The lowest BCUT2D eigenvalue weighted by Gasteiger charge is -2.06. The molecule has 0 spiro atoms. The number of H-pyrrole nitrogens is 1. The minimum atomic E-state index is -0.187. The van der Waals surface area contributed by atoms with Crippen molar-refractivity contribution in [3.63, 3.8) is 0 Å². The number of rotatable bonds is 2. The molecule has 0 aliphatic rings. The third kappa shape index (κ3) is 2.57. The van der Waals surface area contributed by atoms with Crippen LogP contribution < -0.4 is 5.32 Å². The van der Waals surface area contributed by atoms with Gasteiger partial charge in [0.05, 0.1) is 16.3 Å². The molecule has 94 valence electrons. The maximum Gasteiger partial charge on any atom is 0.259 e. The van der Waals surface area contributed by atoms with E-state index in [0.29, 0.717) is 22.0 Å². The fraction of sp³-hybridized carbons (Fsp3) is 0.167. The van der Waals surface area contributed by atoms with Crippen LogP contribution in [0.25, 0.3) is 0 Å². The van der Waals surface area contributed by atoms with E-state index in [1.165, 1.54) is 0 Å². The van der Waals surface area contributed by atoms with E-state index in [4.69, 9.17) is 11.6 Å². The van der Waals surface area contributed by atoms with Crippen LogP contribution in [-0.4, -0.2) is 16.1 Å². The number of benzene rings is 1. The van der Waals surface area contributed by atoms with E-state index >= 15 is 0 Å². The number of nitrogens with one attached hydrogen (secondary N) is 2. The molecule has 4 nitrogen and oxygen atoms in total. The summed E-state index contributed by atoms with van der Waals surface area (Å²) in [6.45, 7) is 3.60. The van der Waals surface area contributed by atoms with E-state index in [1.807, 2.05) is 6.92 Å². The van der Waals surface area contributed by atoms with Crippen LogP contribution >= 0.6 is 27.5 Å². The summed E-state index contributed by atoms with van der Waals surface area (Å²) in [6, 6.07) is 5.22. The molecule has 0 bridgehead atoms. The second-order valence-electron chi connectivity index (χ2n) is 3.89. The Balaban J connectivity index is 2.24. The lowest BCUT2D eigenvalue weighted by molar-refractivity contribution is 0.102. The summed E-state index contributed by atoms with van der Waals surface area (Å²) < 4.78 is 0.739. The normalized spacial score (nSPS) is 10.4. The van der Waals surface area contributed by atoms with Crippen molar-refractivity contribution >= 4 is 39.1 Å². The van der Waals surface area contributed by atoms with Crippen molar-refractivity contribution in [1.82, 2.24) is 10.2 Å². The molecule has 0 aliphatic carbocycles. The number of hydrogen-bond acceptors (Lipinski definition) is 2. The number of amides is 1. The van der Waals surface area contributed by atoms with Gasteiger partial charge in [-0.1, -0.05) is 11.6 Å². The van der Waals surface area contributed by atoms with Crippen molar-refractivity contribution in [3.8, 4) is 0 Å². The molecule has 1 aromatic carbocycles. The largest absolute Gasteiger partial charge is 0.322 e. The van der Waals surface area contributed by atoms with Crippen molar-refractivity contribution < 1.29 is 4.79 Å². The van der Waals surface area contributed by atoms with Gasteiger partial charge in [-0.3, -0.25) is 9.89 Å². The molecular weight excluding hydrogens is 318 g/mol. The van der Waals surface area contributed by atoms with E-state index in [9.17, 15) is 4.79 Å². The second kappa shape index (κ2) is 5.12. The van der Waals surface area contributed by atoms with Gasteiger partial charge in [0.25, 0.3) is 5.91 Å². The number of aromatic nitrogens is 2. The van der Waals surface area contributed by atoms with Gasteiger partial charge < -0.3 is 5.32 Å². The first kappa shape index (κ1) is 13.1. The Bertz CT molecular complexity index is 590. The van der Waals surface area contributed by atoms with E-state index in [0.717, 1.165) is 10.2 Å². The van der Waals surface area contributed by atoms with Gasteiger partial charge in [-0.15, -0.1) is 0 Å². The first-order valence-electron chi connectivity index (χ1n) is 5.27. The second-order valence-corrected chi connectivity index (χ2v) is 5.15. The highest BCUT2D eigenvalue weighted by Crippen LogP contribution is 2.26. The van der Waals surface area contributed by atoms with E-state index in [-0.39, 0.29) is 5.91 Å². The zero-order chi connectivity index (χ0) is 13.3. The summed E-state index contributed by atoms with van der Waals surface area (Å²) >= 11 is 9.20. The molecular formula is C12H11BrClN3O. The Hall–Kier alpha value is -1.33. The number of nitrogens with zero attached hydrogens (tertiary/aromatic N) is 1. The number of aryl methyl sites for hydroxylation is 2. The summed E-state index contributed by atoms with van der Waals surface area (Å²) in [5.74, 6) is -0.187. The standard InChI is InChI=1S/C12H11BrClN3O/c1-6-11(7(2)17-16-6)12(18)15-8-3-4-10(14)9(13)5-8/h3-5H,1-2H3,(H,15,18)(H,16,17). The van der Waals surface area contributed by atoms with E-state index in [1.54, 1.807) is 25.1 Å². The number of hydrogen-bond donors (Lipinski definition) is 2. The van der Waals surface area contributed by atoms with Crippen molar-refractivity contribution in [2.45, 2.75) is 13.8 Å². The molecule has 0 unspecified atom stereocenters. The molecule has 1 amide bonds. The number of carbonyl (C=O) groups is 1. The van der Waals surface area contributed by atoms with Gasteiger partial charge in [0.2, 0.25) is 0 Å². The Morgan fingerprint density at radius 2 is 2.17 bits per heavy atom. The molecule has 2 aromatic rings. The fourth-order valence-corrected chi connectivity index (χ4v) is 2.15. The van der Waals surface area contributed by atoms with Crippen molar-refractivity contribution in [1.29, 1.82) is 0 Å². The topological polar surface area (TPSA) is 57.8 Å². The fourth-order valence-electron chi connectivity index (χ4n) is 1.65. The minimum absolute atomic E-state index is 0.187. The number of halogens is 2. The smallest absolute Gasteiger partial charge is 0.259 e. The lowest BCUT2D eigenvalue weighted by Crippen LogP contribution is -2.13. The van der Waals surface area contributed by atoms with Crippen molar-refractivity contribution in [2.75, 3.05) is 5.32 Å². The Kier molecular flexibility index (Phi) is 3.73. The van der Waals surface area contributed by atoms with Gasteiger partial charge in [0.15, 0.2) is 0 Å². The van der Waals surface area contributed by atoms with Crippen molar-refractivity contribution in [2.24, 2.45) is 0 Å². The van der Waals surface area contributed by atoms with Crippen LogP contribution in [-0.2, 0) is 0 Å². The molecule has 0 fully saturated rings. The van der Waals surface area contributed by atoms with Gasteiger partial charge in [0.1, 0.15) is 0 Å². The minimum Gasteiger partial charge on any atom is -0.322 e. The molecule has 0 radical (unpaired) electrons. The number of anilines is 1. The highest BCUT2D eigenvalue weighted by molar-refractivity contribution is 9.10. The van der Waals surface area contributed by atoms with Gasteiger partial charge >= 0.3 is 0 Å². The Labute approximate surface area is 118 Å². The summed E-state index contributed by atoms with van der Waals surface area (Å²) in [5.41, 5.74) is 2.67. The molecule has 1 aromatic heterocycles. The molecule has 0 aliphatic heterocycles. The maximum atomic E-state index is 12.1. The average molecular weight is 329 g/mol. The summed E-state index contributed by atoms with van der Waals surface area (Å²) in [4.78, 5) is 12.1. The SMILES string of the molecule is Cc1n[nH]c(C)c1C(=O)Nc1ccc(Cl)c(Br)c1. The number of carbonyl (C=O) groups excluding carboxylic acids is 1. The quantitative estimate of drug-likeness (QED) is 0.883. The summed E-state index contributed by atoms with van der Waals surface area (Å²) in [7, 11) is 0. The van der Waals surface area contributed by atoms with E-state index < -0.39 is 0 Å². The third-order valence-corrected chi connectivity index (χ3v) is 3.75. The van der Waals surface area contributed by atoms with Gasteiger partial charge in [-0.25, -0.2) is 0 Å². The molecule has 0 atom stereocenters. The van der Waals surface area contributed by atoms with Gasteiger partial charge in [0, 0.05) is 15.9 Å². The van der Waals surface area contributed by atoms with Gasteiger partial charge in [-0.2, -0.15) is 5.10 Å². The first-order valence-corrected chi connectivity index (χ1v) is 6.44. The van der Waals surface area contributed by atoms with Crippen LogP contribution in [0.4, 0.5) is 5.69 Å². The van der Waals surface area contributed by atoms with Crippen LogP contribution in [0.15, 0.2) is 22.7 Å². The van der Waals surface area contributed by atoms with Crippen molar-refractivity contribution in [3.05, 3.63) is 44.6 Å². The van der Waals surface area contributed by atoms with Crippen LogP contribution in [0.3, 0.4) is 0 Å². The Morgan fingerprint density at radius 3 is 2.72 bits per heavy atom. The van der Waals surface area contributed by atoms with Gasteiger partial charge in [-0.05, 0) is 48.0 Å². The molecule has 0 saturated carbocycles. The lowest BCUT2D eigenvalue weighted by atomic mass is 10.2. The molecule has 2 N–H and O–H groups in total. The molecule has 0 saturated heterocycles. The monoisotopic (exact) mass is 327 g/mol. The molecule has 6 heteroatoms. The predicted octanol–water partition coefficient (Wildman–Crippen LogP) is 3.69. The third-order valence-electron chi connectivity index (χ3n) is 2.53. The zero-order valence-corrected chi connectivity index (χ0v) is 12.2. The van der Waals surface area contributed by atoms with Crippen LogP contribution in [0.1, 0.15) is 21.7 Å². The first-order chi connectivity index (χ1) is 8.49. The molecule has 2 rings (SSSR count). The highest BCUT2D eigenvalue weighted by Gasteiger charge is 2.15. The Morgan fingerprint density at radius 1 is 1.44 bits per heavy atom. The maximum absolute atomic E-state index is 12.1. The molecule has 1 heterocycles. The molecule has 18 heavy (non-hydrogen) atoms. The number of aromatic amines is 1. The zero-order valence-electron chi connectivity index (χ0n) is 9.84. The predicted molar refractivity (Wildman–Crippen MR) is 75.2 cm³/mol. The van der Waals surface area contributed by atoms with Crippen LogP contribution in [0, 0.1) is 13.8 Å². The summed E-state index contributed by atoms with van der Waals surface area (Å²) in [6.07, 6.45) is 0. The van der Waals surface area contributed by atoms with E-state index in [2.05, 4.69) is 31.4 Å². The van der Waals surface area contributed by atoms with Crippen LogP contribution in [0.2, 0.25) is 5.02 Å². The van der Waals surface area contributed by atoms with Crippen LogP contribution in [0.5, 0.6) is 0 Å². The average Bonchev–Trinajstić information content (AvgIpc) is 2.64.